The maximum absolute atomic E-state index is 10.8. The van der Waals surface area contributed by atoms with Gasteiger partial charge in [0.25, 0.3) is 0 Å². The summed E-state index contributed by atoms with van der Waals surface area (Å²) in [5, 5.41) is 3.28. The number of ether oxygens (including phenoxy) is 1. The Morgan fingerprint density at radius 3 is 3.06 bits per heavy atom. The van der Waals surface area contributed by atoms with Crippen molar-refractivity contribution in [1.29, 1.82) is 0 Å². The summed E-state index contributed by atoms with van der Waals surface area (Å²) in [6, 6.07) is 4.00. The van der Waals surface area contributed by atoms with Crippen LogP contribution >= 0.6 is 0 Å². The molecule has 0 atom stereocenters. The first kappa shape index (κ1) is 12.6. The van der Waals surface area contributed by atoms with Gasteiger partial charge in [-0.25, -0.2) is 0 Å². The molecular formula is C12H18N2O2. The largest absolute Gasteiger partial charge is 0.469 e. The number of carbonyl (C=O) groups is 1. The van der Waals surface area contributed by atoms with E-state index in [4.69, 9.17) is 0 Å². The van der Waals surface area contributed by atoms with Gasteiger partial charge in [0.2, 0.25) is 0 Å². The number of esters is 1. The standard InChI is InChI=1S/C12H18N2O2/c1-16-12(15)5-3-7-13-9-6-11-4-2-8-14-10-11/h2,4,8,10,13H,3,5-7,9H2,1H3. The van der Waals surface area contributed by atoms with Crippen LogP contribution in [0, 0.1) is 0 Å². The molecule has 88 valence electrons. The third-order valence-electron chi connectivity index (χ3n) is 2.28. The van der Waals surface area contributed by atoms with Crippen LogP contribution in [0.25, 0.3) is 0 Å². The number of nitrogens with one attached hydrogen (secondary N) is 1. The van der Waals surface area contributed by atoms with E-state index in [-0.39, 0.29) is 5.97 Å². The highest BCUT2D eigenvalue weighted by atomic mass is 16.5. The monoisotopic (exact) mass is 222 g/mol. The van der Waals surface area contributed by atoms with Gasteiger partial charge in [-0.3, -0.25) is 9.78 Å². The second-order valence-corrected chi connectivity index (χ2v) is 3.54. The predicted octanol–water partition coefficient (Wildman–Crippen LogP) is 1.17. The van der Waals surface area contributed by atoms with Crippen LogP contribution in [0.5, 0.6) is 0 Å². The van der Waals surface area contributed by atoms with Crippen LogP contribution in [-0.4, -0.2) is 31.2 Å². The number of aromatic nitrogens is 1. The molecule has 0 unspecified atom stereocenters. The lowest BCUT2D eigenvalue weighted by Gasteiger charge is -2.04. The molecule has 1 rings (SSSR count). The van der Waals surface area contributed by atoms with Crippen LogP contribution in [0.3, 0.4) is 0 Å². The van der Waals surface area contributed by atoms with E-state index < -0.39 is 0 Å². The topological polar surface area (TPSA) is 51.2 Å². The van der Waals surface area contributed by atoms with Crippen molar-refractivity contribution >= 4 is 5.97 Å². The Balaban J connectivity index is 1.98. The van der Waals surface area contributed by atoms with E-state index in [9.17, 15) is 4.79 Å². The maximum atomic E-state index is 10.8. The zero-order chi connectivity index (χ0) is 11.6. The molecular weight excluding hydrogens is 204 g/mol. The lowest BCUT2D eigenvalue weighted by atomic mass is 10.2. The van der Waals surface area contributed by atoms with E-state index >= 15 is 0 Å². The molecule has 1 heterocycles. The van der Waals surface area contributed by atoms with Gasteiger partial charge in [0, 0.05) is 18.8 Å². The van der Waals surface area contributed by atoms with Crippen molar-refractivity contribution in [3.8, 4) is 0 Å². The molecule has 4 heteroatoms. The normalized spacial score (nSPS) is 10.1. The summed E-state index contributed by atoms with van der Waals surface area (Å²) in [5.41, 5.74) is 1.22. The summed E-state index contributed by atoms with van der Waals surface area (Å²) >= 11 is 0. The van der Waals surface area contributed by atoms with Crippen LogP contribution in [0.2, 0.25) is 0 Å². The number of pyridine rings is 1. The minimum atomic E-state index is -0.144. The first-order chi connectivity index (χ1) is 7.83. The van der Waals surface area contributed by atoms with Crippen molar-refractivity contribution in [3.05, 3.63) is 30.1 Å². The Hall–Kier alpha value is -1.42. The van der Waals surface area contributed by atoms with Gasteiger partial charge in [-0.15, -0.1) is 0 Å². The molecule has 1 N–H and O–H groups in total. The first-order valence-corrected chi connectivity index (χ1v) is 5.49. The molecule has 0 saturated heterocycles. The van der Waals surface area contributed by atoms with Gasteiger partial charge < -0.3 is 10.1 Å². The van der Waals surface area contributed by atoms with Gasteiger partial charge in [0.05, 0.1) is 7.11 Å². The fraction of sp³-hybridized carbons (Fsp3) is 0.500. The zero-order valence-corrected chi connectivity index (χ0v) is 9.61. The average molecular weight is 222 g/mol. The Morgan fingerprint density at radius 2 is 2.38 bits per heavy atom. The SMILES string of the molecule is COC(=O)CCCNCCc1cccnc1. The first-order valence-electron chi connectivity index (χ1n) is 5.49. The quantitative estimate of drug-likeness (QED) is 0.555. The highest BCUT2D eigenvalue weighted by Crippen LogP contribution is 1.95. The number of methoxy groups -OCH3 is 1. The number of rotatable bonds is 7. The third kappa shape index (κ3) is 5.46. The van der Waals surface area contributed by atoms with Gasteiger partial charge in [0.1, 0.15) is 0 Å². The van der Waals surface area contributed by atoms with Gasteiger partial charge in [-0.05, 0) is 37.6 Å². The predicted molar refractivity (Wildman–Crippen MR) is 62.1 cm³/mol. The lowest BCUT2D eigenvalue weighted by molar-refractivity contribution is -0.140. The van der Waals surface area contributed by atoms with Crippen molar-refractivity contribution < 1.29 is 9.53 Å². The van der Waals surface area contributed by atoms with Crippen molar-refractivity contribution in [2.24, 2.45) is 0 Å². The number of carbonyl (C=O) groups excluding carboxylic acids is 1. The Bertz CT molecular complexity index is 301. The van der Waals surface area contributed by atoms with Crippen molar-refractivity contribution in [3.63, 3.8) is 0 Å². The highest BCUT2D eigenvalue weighted by molar-refractivity contribution is 5.69. The minimum Gasteiger partial charge on any atom is -0.469 e. The molecule has 0 spiro atoms. The van der Waals surface area contributed by atoms with Gasteiger partial charge in [-0.1, -0.05) is 6.07 Å². The molecule has 0 radical (unpaired) electrons. The molecule has 0 aliphatic heterocycles. The van der Waals surface area contributed by atoms with Gasteiger partial charge in [-0.2, -0.15) is 0 Å². The van der Waals surface area contributed by atoms with Crippen molar-refractivity contribution in [2.45, 2.75) is 19.3 Å². The number of nitrogens with zero attached hydrogens (tertiary/aromatic N) is 1. The zero-order valence-electron chi connectivity index (χ0n) is 9.61. The summed E-state index contributed by atoms with van der Waals surface area (Å²) in [4.78, 5) is 14.9. The van der Waals surface area contributed by atoms with Crippen LogP contribution in [-0.2, 0) is 16.0 Å². The van der Waals surface area contributed by atoms with Crippen LogP contribution in [0.4, 0.5) is 0 Å². The van der Waals surface area contributed by atoms with Crippen molar-refractivity contribution in [1.82, 2.24) is 10.3 Å². The number of hydrogen-bond donors (Lipinski definition) is 1. The van der Waals surface area contributed by atoms with Gasteiger partial charge in [0.15, 0.2) is 0 Å². The maximum Gasteiger partial charge on any atom is 0.305 e. The van der Waals surface area contributed by atoms with Crippen LogP contribution in [0.15, 0.2) is 24.5 Å². The Labute approximate surface area is 96.0 Å². The molecule has 4 nitrogen and oxygen atoms in total. The molecule has 16 heavy (non-hydrogen) atoms. The third-order valence-corrected chi connectivity index (χ3v) is 2.28. The van der Waals surface area contributed by atoms with E-state index in [1.807, 2.05) is 12.3 Å². The summed E-state index contributed by atoms with van der Waals surface area (Å²) in [7, 11) is 1.41. The van der Waals surface area contributed by atoms with Crippen LogP contribution in [0.1, 0.15) is 18.4 Å². The Kier molecular flexibility index (Phi) is 6.18. The smallest absolute Gasteiger partial charge is 0.305 e. The molecule has 0 aliphatic carbocycles. The molecule has 1 aromatic heterocycles. The Morgan fingerprint density at radius 1 is 1.50 bits per heavy atom. The van der Waals surface area contributed by atoms with E-state index in [1.165, 1.54) is 12.7 Å². The van der Waals surface area contributed by atoms with Gasteiger partial charge >= 0.3 is 5.97 Å². The minimum absolute atomic E-state index is 0.144. The molecule has 0 saturated carbocycles. The molecule has 0 bridgehead atoms. The lowest BCUT2D eigenvalue weighted by Crippen LogP contribution is -2.19. The number of hydrogen-bond acceptors (Lipinski definition) is 4. The summed E-state index contributed by atoms with van der Waals surface area (Å²) < 4.78 is 4.55. The van der Waals surface area contributed by atoms with E-state index in [0.29, 0.717) is 6.42 Å². The second kappa shape index (κ2) is 7.82. The van der Waals surface area contributed by atoms with Crippen LogP contribution < -0.4 is 5.32 Å². The second-order valence-electron chi connectivity index (χ2n) is 3.54. The summed E-state index contributed by atoms with van der Waals surface area (Å²) in [6.07, 6.45) is 5.91. The fourth-order valence-corrected chi connectivity index (χ4v) is 1.36. The van der Waals surface area contributed by atoms with E-state index in [1.54, 1.807) is 6.20 Å². The van der Waals surface area contributed by atoms with E-state index in [2.05, 4.69) is 21.1 Å². The van der Waals surface area contributed by atoms with E-state index in [0.717, 1.165) is 25.9 Å². The molecule has 0 amide bonds. The van der Waals surface area contributed by atoms with Crippen molar-refractivity contribution in [2.75, 3.05) is 20.2 Å². The molecule has 1 aromatic rings. The summed E-state index contributed by atoms with van der Waals surface area (Å²) in [6.45, 7) is 1.75. The molecule has 0 fully saturated rings. The molecule has 0 aliphatic rings. The molecule has 0 aromatic carbocycles. The highest BCUT2D eigenvalue weighted by Gasteiger charge is 1.98. The average Bonchev–Trinajstić information content (AvgIpc) is 2.34. The summed E-state index contributed by atoms with van der Waals surface area (Å²) in [5.74, 6) is -0.144. The fourth-order valence-electron chi connectivity index (χ4n) is 1.36.